The number of nitrogens with one attached hydrogen (secondary N) is 1. The molecule has 2 aromatic rings. The van der Waals surface area contributed by atoms with E-state index in [4.69, 9.17) is 0 Å². The normalized spacial score (nSPS) is 17.9. The molecule has 7 heteroatoms. The van der Waals surface area contributed by atoms with Gasteiger partial charge in [0.05, 0.1) is 11.9 Å². The molecule has 1 unspecified atom stereocenters. The number of nitrogens with zero attached hydrogens (tertiary/aromatic N) is 3. The topological polar surface area (TPSA) is 75.2 Å². The Hall–Kier alpha value is -1.99. The van der Waals surface area contributed by atoms with Crippen molar-refractivity contribution in [2.75, 3.05) is 31.3 Å². The maximum atomic E-state index is 12.2. The first-order valence-electron chi connectivity index (χ1n) is 8.89. The van der Waals surface area contributed by atoms with Crippen LogP contribution >= 0.6 is 0 Å². The minimum Gasteiger partial charge on any atom is -0.340 e. The first-order chi connectivity index (χ1) is 12.3. The van der Waals surface area contributed by atoms with Crippen molar-refractivity contribution >= 4 is 15.8 Å². The number of sulfone groups is 1. The standard InChI is InChI=1S/C19H26N4O2S/c1-14-6-4-7-15(10-14)13-23(2)19-21-12-17(26(3,24)25)18(22-19)16-8-5-9-20-11-16/h4,6-7,10,12,16,20H,5,8-9,11,13H2,1-3H3. The van der Waals surface area contributed by atoms with Crippen LogP contribution in [0.15, 0.2) is 35.4 Å². The summed E-state index contributed by atoms with van der Waals surface area (Å²) in [5.41, 5.74) is 3.02. The fraction of sp³-hybridized carbons (Fsp3) is 0.474. The fourth-order valence-electron chi connectivity index (χ4n) is 3.38. The maximum Gasteiger partial charge on any atom is 0.225 e. The molecule has 1 atom stereocenters. The van der Waals surface area contributed by atoms with E-state index in [0.717, 1.165) is 25.9 Å². The average Bonchev–Trinajstić information content (AvgIpc) is 2.61. The molecule has 6 nitrogen and oxygen atoms in total. The molecule has 26 heavy (non-hydrogen) atoms. The lowest BCUT2D eigenvalue weighted by molar-refractivity contribution is 0.447. The highest BCUT2D eigenvalue weighted by atomic mass is 32.2. The molecule has 2 heterocycles. The largest absolute Gasteiger partial charge is 0.340 e. The Bertz CT molecular complexity index is 877. The fourth-order valence-corrected chi connectivity index (χ4v) is 4.21. The molecule has 1 aromatic carbocycles. The second-order valence-electron chi connectivity index (χ2n) is 7.08. The molecule has 1 aromatic heterocycles. The Balaban J connectivity index is 1.92. The summed E-state index contributed by atoms with van der Waals surface area (Å²) in [5.74, 6) is 0.655. The van der Waals surface area contributed by atoms with Gasteiger partial charge in [0.2, 0.25) is 5.95 Å². The lowest BCUT2D eigenvalue weighted by Crippen LogP contribution is -2.30. The van der Waals surface area contributed by atoms with E-state index in [9.17, 15) is 8.42 Å². The van der Waals surface area contributed by atoms with E-state index in [0.29, 0.717) is 18.2 Å². The van der Waals surface area contributed by atoms with Crippen LogP contribution < -0.4 is 10.2 Å². The van der Waals surface area contributed by atoms with E-state index in [1.54, 1.807) is 0 Å². The van der Waals surface area contributed by atoms with E-state index in [2.05, 4.69) is 40.4 Å². The SMILES string of the molecule is Cc1cccc(CN(C)c2ncc(S(C)(=O)=O)c(C3CCCNC3)n2)c1. The van der Waals surface area contributed by atoms with Crippen LogP contribution in [0.2, 0.25) is 0 Å². The number of hydrogen-bond donors (Lipinski definition) is 1. The number of piperidine rings is 1. The van der Waals surface area contributed by atoms with Crippen molar-refractivity contribution in [1.29, 1.82) is 0 Å². The highest BCUT2D eigenvalue weighted by Gasteiger charge is 2.25. The van der Waals surface area contributed by atoms with Gasteiger partial charge in [-0.3, -0.25) is 0 Å². The minimum atomic E-state index is -3.36. The van der Waals surface area contributed by atoms with Crippen LogP contribution in [0.4, 0.5) is 5.95 Å². The van der Waals surface area contributed by atoms with Gasteiger partial charge in [0.25, 0.3) is 0 Å². The minimum absolute atomic E-state index is 0.0996. The van der Waals surface area contributed by atoms with E-state index < -0.39 is 9.84 Å². The summed E-state index contributed by atoms with van der Waals surface area (Å²) < 4.78 is 24.4. The van der Waals surface area contributed by atoms with E-state index in [-0.39, 0.29) is 10.8 Å². The third-order valence-corrected chi connectivity index (χ3v) is 5.81. The van der Waals surface area contributed by atoms with Crippen molar-refractivity contribution in [2.45, 2.75) is 37.1 Å². The molecular formula is C19H26N4O2S. The van der Waals surface area contributed by atoms with Crippen molar-refractivity contribution in [3.8, 4) is 0 Å². The van der Waals surface area contributed by atoms with Crippen LogP contribution in [0, 0.1) is 6.92 Å². The molecule has 1 aliphatic heterocycles. The summed E-state index contributed by atoms with van der Waals surface area (Å²) in [4.78, 5) is 11.2. The van der Waals surface area contributed by atoms with Gasteiger partial charge in [-0.2, -0.15) is 0 Å². The van der Waals surface area contributed by atoms with Crippen molar-refractivity contribution in [2.24, 2.45) is 0 Å². The second kappa shape index (κ2) is 7.72. The average molecular weight is 375 g/mol. The second-order valence-corrected chi connectivity index (χ2v) is 9.06. The monoisotopic (exact) mass is 374 g/mol. The Morgan fingerprint density at radius 2 is 2.15 bits per heavy atom. The molecule has 0 aliphatic carbocycles. The molecule has 0 amide bonds. The van der Waals surface area contributed by atoms with Gasteiger partial charge in [-0.1, -0.05) is 29.8 Å². The van der Waals surface area contributed by atoms with Gasteiger partial charge in [-0.15, -0.1) is 0 Å². The van der Waals surface area contributed by atoms with Gasteiger partial charge >= 0.3 is 0 Å². The molecule has 1 N–H and O–H groups in total. The molecule has 1 fully saturated rings. The number of anilines is 1. The molecule has 3 rings (SSSR count). The Morgan fingerprint density at radius 1 is 1.35 bits per heavy atom. The quantitative estimate of drug-likeness (QED) is 0.865. The number of hydrogen-bond acceptors (Lipinski definition) is 6. The van der Waals surface area contributed by atoms with E-state index in [1.165, 1.54) is 23.6 Å². The van der Waals surface area contributed by atoms with Crippen molar-refractivity contribution < 1.29 is 8.42 Å². The third kappa shape index (κ3) is 4.40. The van der Waals surface area contributed by atoms with Crippen molar-refractivity contribution in [3.05, 3.63) is 47.3 Å². The number of aromatic nitrogens is 2. The molecule has 1 saturated heterocycles. The molecule has 0 spiro atoms. The van der Waals surface area contributed by atoms with E-state index >= 15 is 0 Å². The molecule has 0 bridgehead atoms. The van der Waals surface area contributed by atoms with Gasteiger partial charge in [-0.25, -0.2) is 18.4 Å². The van der Waals surface area contributed by atoms with Gasteiger partial charge in [0.1, 0.15) is 4.90 Å². The summed E-state index contributed by atoms with van der Waals surface area (Å²) >= 11 is 0. The smallest absolute Gasteiger partial charge is 0.225 e. The maximum absolute atomic E-state index is 12.2. The summed E-state index contributed by atoms with van der Waals surface area (Å²) in [5, 5.41) is 3.34. The lowest BCUT2D eigenvalue weighted by Gasteiger charge is -2.25. The highest BCUT2D eigenvalue weighted by molar-refractivity contribution is 7.90. The highest BCUT2D eigenvalue weighted by Crippen LogP contribution is 2.28. The molecule has 140 valence electrons. The lowest BCUT2D eigenvalue weighted by atomic mass is 9.96. The molecule has 0 saturated carbocycles. The predicted molar refractivity (Wildman–Crippen MR) is 103 cm³/mol. The first kappa shape index (κ1) is 18.8. The Labute approximate surface area is 155 Å². The van der Waals surface area contributed by atoms with Gasteiger partial charge in [-0.05, 0) is 31.9 Å². The number of rotatable bonds is 5. The zero-order valence-electron chi connectivity index (χ0n) is 15.6. The Kier molecular flexibility index (Phi) is 5.58. The predicted octanol–water partition coefficient (Wildman–Crippen LogP) is 2.29. The van der Waals surface area contributed by atoms with Gasteiger partial charge in [0, 0.05) is 32.3 Å². The summed E-state index contributed by atoms with van der Waals surface area (Å²) in [6.45, 7) is 4.45. The zero-order chi connectivity index (χ0) is 18.7. The molecule has 0 radical (unpaired) electrons. The van der Waals surface area contributed by atoms with Crippen LogP contribution in [-0.4, -0.2) is 44.8 Å². The van der Waals surface area contributed by atoms with Crippen LogP contribution in [0.1, 0.15) is 35.6 Å². The van der Waals surface area contributed by atoms with Crippen LogP contribution in [-0.2, 0) is 16.4 Å². The third-order valence-electron chi connectivity index (χ3n) is 4.70. The van der Waals surface area contributed by atoms with Gasteiger partial charge < -0.3 is 10.2 Å². The number of aryl methyl sites for hydroxylation is 1. The van der Waals surface area contributed by atoms with E-state index in [1.807, 2.05) is 18.0 Å². The zero-order valence-corrected chi connectivity index (χ0v) is 16.4. The van der Waals surface area contributed by atoms with Crippen LogP contribution in [0.5, 0.6) is 0 Å². The van der Waals surface area contributed by atoms with Crippen LogP contribution in [0.3, 0.4) is 0 Å². The van der Waals surface area contributed by atoms with Crippen molar-refractivity contribution in [3.63, 3.8) is 0 Å². The first-order valence-corrected chi connectivity index (χ1v) is 10.8. The molecule has 1 aliphatic rings. The summed E-state index contributed by atoms with van der Waals surface area (Å²) in [6, 6.07) is 8.30. The Morgan fingerprint density at radius 3 is 2.81 bits per heavy atom. The summed E-state index contributed by atoms with van der Waals surface area (Å²) in [7, 11) is -1.43. The van der Waals surface area contributed by atoms with Crippen molar-refractivity contribution in [1.82, 2.24) is 15.3 Å². The molecular weight excluding hydrogens is 348 g/mol. The van der Waals surface area contributed by atoms with Gasteiger partial charge in [0.15, 0.2) is 9.84 Å². The summed E-state index contributed by atoms with van der Waals surface area (Å²) in [6.07, 6.45) is 4.65. The van der Waals surface area contributed by atoms with Crippen LogP contribution in [0.25, 0.3) is 0 Å². The number of benzene rings is 1.